The zero-order chi connectivity index (χ0) is 9.10. The van der Waals surface area contributed by atoms with Gasteiger partial charge < -0.3 is 9.57 Å². The lowest BCUT2D eigenvalue weighted by molar-refractivity contribution is 0.101. The molecule has 3 nitrogen and oxygen atoms in total. The lowest BCUT2D eigenvalue weighted by atomic mass is 10.0. The van der Waals surface area contributed by atoms with Gasteiger partial charge >= 0.3 is 0 Å². The summed E-state index contributed by atoms with van der Waals surface area (Å²) in [6.07, 6.45) is 0. The Hall–Kier alpha value is -1.06. The van der Waals surface area contributed by atoms with E-state index in [-0.39, 0.29) is 0 Å². The third-order valence-electron chi connectivity index (χ3n) is 2.28. The van der Waals surface area contributed by atoms with Crippen molar-refractivity contribution in [1.29, 1.82) is 0 Å². The number of hydroxylamine groups is 1. The van der Waals surface area contributed by atoms with E-state index in [1.54, 1.807) is 7.11 Å². The van der Waals surface area contributed by atoms with E-state index in [1.807, 2.05) is 12.1 Å². The Morgan fingerprint density at radius 3 is 3.15 bits per heavy atom. The van der Waals surface area contributed by atoms with Crippen molar-refractivity contribution in [2.45, 2.75) is 5.92 Å². The van der Waals surface area contributed by atoms with Gasteiger partial charge in [0, 0.05) is 12.5 Å². The van der Waals surface area contributed by atoms with Crippen LogP contribution < -0.4 is 10.2 Å². The monoisotopic (exact) mass is 179 g/mol. The molecule has 0 amide bonds. The molecule has 70 valence electrons. The smallest absolute Gasteiger partial charge is 0.119 e. The summed E-state index contributed by atoms with van der Waals surface area (Å²) in [5.41, 5.74) is 4.14. The van der Waals surface area contributed by atoms with Crippen molar-refractivity contribution in [2.24, 2.45) is 0 Å². The van der Waals surface area contributed by atoms with Gasteiger partial charge in [0.2, 0.25) is 0 Å². The molecule has 3 heteroatoms. The van der Waals surface area contributed by atoms with Gasteiger partial charge in [-0.1, -0.05) is 12.1 Å². The standard InChI is InChI=1S/C10H13NO2/c1-12-10-4-2-3-8(5-10)9-6-11-13-7-9/h2-5,9,11H,6-7H2,1H3. The molecule has 1 aromatic rings. The van der Waals surface area contributed by atoms with E-state index in [1.165, 1.54) is 5.56 Å². The van der Waals surface area contributed by atoms with Crippen molar-refractivity contribution in [3.63, 3.8) is 0 Å². The molecule has 0 saturated carbocycles. The molecule has 1 aliphatic rings. The van der Waals surface area contributed by atoms with Crippen molar-refractivity contribution in [2.75, 3.05) is 20.3 Å². The van der Waals surface area contributed by atoms with E-state index >= 15 is 0 Å². The Morgan fingerprint density at radius 2 is 2.46 bits per heavy atom. The first-order valence-corrected chi connectivity index (χ1v) is 4.39. The average molecular weight is 179 g/mol. The summed E-state index contributed by atoms with van der Waals surface area (Å²) in [6, 6.07) is 8.11. The fourth-order valence-electron chi connectivity index (χ4n) is 1.49. The Bertz CT molecular complexity index is 282. The minimum atomic E-state index is 0.454. The van der Waals surface area contributed by atoms with Crippen LogP contribution in [0.15, 0.2) is 24.3 Å². The van der Waals surface area contributed by atoms with Crippen molar-refractivity contribution in [3.8, 4) is 5.75 Å². The van der Waals surface area contributed by atoms with Crippen LogP contribution in [0.3, 0.4) is 0 Å². The van der Waals surface area contributed by atoms with Crippen molar-refractivity contribution >= 4 is 0 Å². The first-order chi connectivity index (χ1) is 6.40. The normalized spacial score (nSPS) is 21.8. The van der Waals surface area contributed by atoms with Crippen LogP contribution in [0, 0.1) is 0 Å². The summed E-state index contributed by atoms with van der Waals surface area (Å²) >= 11 is 0. The van der Waals surface area contributed by atoms with Gasteiger partial charge in [0.05, 0.1) is 13.7 Å². The van der Waals surface area contributed by atoms with Gasteiger partial charge in [0.15, 0.2) is 0 Å². The van der Waals surface area contributed by atoms with Crippen molar-refractivity contribution < 1.29 is 9.57 Å². The van der Waals surface area contributed by atoms with Crippen LogP contribution in [-0.2, 0) is 4.84 Å². The van der Waals surface area contributed by atoms with E-state index in [0.29, 0.717) is 5.92 Å². The second kappa shape index (κ2) is 3.77. The number of ether oxygens (including phenoxy) is 1. The zero-order valence-corrected chi connectivity index (χ0v) is 7.62. The van der Waals surface area contributed by atoms with E-state index in [4.69, 9.17) is 9.57 Å². The number of benzene rings is 1. The molecule has 1 atom stereocenters. The molecule has 0 aromatic heterocycles. The molecule has 1 unspecified atom stereocenters. The second-order valence-electron chi connectivity index (χ2n) is 3.13. The molecule has 13 heavy (non-hydrogen) atoms. The van der Waals surface area contributed by atoms with Gasteiger partial charge in [-0.3, -0.25) is 0 Å². The molecule has 0 aliphatic carbocycles. The minimum absolute atomic E-state index is 0.454. The number of hydrogen-bond acceptors (Lipinski definition) is 3. The highest BCUT2D eigenvalue weighted by atomic mass is 16.7. The number of nitrogens with one attached hydrogen (secondary N) is 1. The molecule has 1 aliphatic heterocycles. The van der Waals surface area contributed by atoms with Crippen molar-refractivity contribution in [3.05, 3.63) is 29.8 Å². The van der Waals surface area contributed by atoms with E-state index in [2.05, 4.69) is 17.6 Å². The van der Waals surface area contributed by atoms with Gasteiger partial charge in [-0.25, -0.2) is 5.48 Å². The fraction of sp³-hybridized carbons (Fsp3) is 0.400. The first kappa shape index (κ1) is 8.53. The Kier molecular flexibility index (Phi) is 2.47. The molecule has 1 heterocycles. The highest BCUT2D eigenvalue weighted by Gasteiger charge is 2.17. The molecular formula is C10H13NO2. The summed E-state index contributed by atoms with van der Waals surface area (Å²) in [7, 11) is 1.68. The molecule has 0 radical (unpaired) electrons. The lowest BCUT2D eigenvalue weighted by Gasteiger charge is -2.08. The molecule has 2 rings (SSSR count). The van der Waals surface area contributed by atoms with Gasteiger partial charge in [0.25, 0.3) is 0 Å². The van der Waals surface area contributed by atoms with Crippen LogP contribution in [0.4, 0.5) is 0 Å². The minimum Gasteiger partial charge on any atom is -0.497 e. The maximum absolute atomic E-state index is 5.15. The molecular weight excluding hydrogens is 166 g/mol. The molecule has 0 spiro atoms. The highest BCUT2D eigenvalue weighted by molar-refractivity contribution is 5.31. The topological polar surface area (TPSA) is 30.5 Å². The maximum atomic E-state index is 5.15. The van der Waals surface area contributed by atoms with E-state index in [0.717, 1.165) is 18.9 Å². The quantitative estimate of drug-likeness (QED) is 0.742. The average Bonchev–Trinajstić information content (AvgIpc) is 2.71. The maximum Gasteiger partial charge on any atom is 0.119 e. The van der Waals surface area contributed by atoms with Crippen LogP contribution in [0.2, 0.25) is 0 Å². The summed E-state index contributed by atoms with van der Waals surface area (Å²) in [6.45, 7) is 1.63. The van der Waals surface area contributed by atoms with Gasteiger partial charge in [-0.05, 0) is 17.7 Å². The van der Waals surface area contributed by atoms with Gasteiger partial charge in [-0.15, -0.1) is 0 Å². The number of hydrogen-bond donors (Lipinski definition) is 1. The molecule has 1 fully saturated rings. The molecule has 0 bridgehead atoms. The fourth-order valence-corrected chi connectivity index (χ4v) is 1.49. The SMILES string of the molecule is COc1cccc(C2CNOC2)c1. The van der Waals surface area contributed by atoms with E-state index < -0.39 is 0 Å². The van der Waals surface area contributed by atoms with Crippen LogP contribution >= 0.6 is 0 Å². The molecule has 1 N–H and O–H groups in total. The first-order valence-electron chi connectivity index (χ1n) is 4.39. The Labute approximate surface area is 77.6 Å². The number of methoxy groups -OCH3 is 1. The lowest BCUT2D eigenvalue weighted by Crippen LogP contribution is -2.06. The second-order valence-corrected chi connectivity index (χ2v) is 3.13. The third-order valence-corrected chi connectivity index (χ3v) is 2.28. The summed E-state index contributed by atoms with van der Waals surface area (Å²) in [4.78, 5) is 5.09. The van der Waals surface area contributed by atoms with Gasteiger partial charge in [0.1, 0.15) is 5.75 Å². The summed E-state index contributed by atoms with van der Waals surface area (Å²) in [5.74, 6) is 1.36. The van der Waals surface area contributed by atoms with Crippen molar-refractivity contribution in [1.82, 2.24) is 5.48 Å². The summed E-state index contributed by atoms with van der Waals surface area (Å²) < 4.78 is 5.15. The van der Waals surface area contributed by atoms with Crippen LogP contribution in [0.1, 0.15) is 11.5 Å². The largest absolute Gasteiger partial charge is 0.497 e. The molecule has 1 saturated heterocycles. The van der Waals surface area contributed by atoms with Crippen LogP contribution in [0.5, 0.6) is 5.75 Å². The van der Waals surface area contributed by atoms with Gasteiger partial charge in [-0.2, -0.15) is 0 Å². The summed E-state index contributed by atoms with van der Waals surface area (Å²) in [5, 5.41) is 0. The third kappa shape index (κ3) is 1.82. The van der Waals surface area contributed by atoms with E-state index in [9.17, 15) is 0 Å². The van der Waals surface area contributed by atoms with Crippen LogP contribution in [0.25, 0.3) is 0 Å². The number of rotatable bonds is 2. The Balaban J connectivity index is 2.18. The van der Waals surface area contributed by atoms with Crippen LogP contribution in [-0.4, -0.2) is 20.3 Å². The predicted octanol–water partition coefficient (Wildman–Crippen LogP) is 1.31. The zero-order valence-electron chi connectivity index (χ0n) is 7.62. The predicted molar refractivity (Wildman–Crippen MR) is 49.7 cm³/mol. The Morgan fingerprint density at radius 1 is 1.54 bits per heavy atom. The highest BCUT2D eigenvalue weighted by Crippen LogP contribution is 2.22. The molecule has 1 aromatic carbocycles.